The van der Waals surface area contributed by atoms with E-state index in [2.05, 4.69) is 0 Å². The fraction of sp³-hybridized carbons (Fsp3) is 0.471. The molecule has 3 atom stereocenters. The number of ether oxygens (including phenoxy) is 4. The van der Waals surface area contributed by atoms with Crippen molar-refractivity contribution in [1.29, 1.82) is 0 Å². The van der Waals surface area contributed by atoms with Gasteiger partial charge >= 0.3 is 17.9 Å². The number of carbonyl (C=O) groups excluding carboxylic acids is 3. The number of rotatable bonds is 5. The Morgan fingerprint density at radius 3 is 2.42 bits per heavy atom. The van der Waals surface area contributed by atoms with Gasteiger partial charge in [0, 0.05) is 13.8 Å². The minimum Gasteiger partial charge on any atom is -0.459 e. The van der Waals surface area contributed by atoms with Crippen LogP contribution in [-0.2, 0) is 28.5 Å². The highest BCUT2D eigenvalue weighted by Gasteiger charge is 2.53. The van der Waals surface area contributed by atoms with Crippen LogP contribution >= 0.6 is 0 Å². The van der Waals surface area contributed by atoms with Crippen LogP contribution in [0.2, 0.25) is 0 Å². The van der Waals surface area contributed by atoms with Gasteiger partial charge < -0.3 is 18.9 Å². The summed E-state index contributed by atoms with van der Waals surface area (Å²) in [6.07, 6.45) is -1.50. The molecule has 1 fully saturated rings. The molecular weight excluding hydrogens is 316 g/mol. The normalized spacial score (nSPS) is 25.8. The molecule has 0 aliphatic carbocycles. The third-order valence-electron chi connectivity index (χ3n) is 3.77. The van der Waals surface area contributed by atoms with E-state index in [9.17, 15) is 14.4 Å². The summed E-state index contributed by atoms with van der Waals surface area (Å²) in [6, 6.07) is 8.50. The van der Waals surface area contributed by atoms with Gasteiger partial charge in [-0.1, -0.05) is 18.2 Å². The van der Waals surface area contributed by atoms with Crippen molar-refractivity contribution in [3.63, 3.8) is 0 Å². The predicted octanol–water partition coefficient (Wildman–Crippen LogP) is 1.50. The number of hydrogen-bond acceptors (Lipinski definition) is 7. The predicted molar refractivity (Wildman–Crippen MR) is 82.2 cm³/mol. The van der Waals surface area contributed by atoms with E-state index in [0.717, 1.165) is 0 Å². The van der Waals surface area contributed by atoms with Gasteiger partial charge in [-0.15, -0.1) is 0 Å². The van der Waals surface area contributed by atoms with E-state index in [1.54, 1.807) is 37.3 Å². The molecule has 0 radical (unpaired) electrons. The number of carbonyl (C=O) groups is 3. The maximum Gasteiger partial charge on any atom is 0.338 e. The molecule has 130 valence electrons. The van der Waals surface area contributed by atoms with Crippen LogP contribution in [0.5, 0.6) is 0 Å². The molecule has 2 rings (SSSR count). The Morgan fingerprint density at radius 1 is 1.17 bits per heavy atom. The fourth-order valence-electron chi connectivity index (χ4n) is 2.56. The molecule has 1 aliphatic rings. The van der Waals surface area contributed by atoms with E-state index in [0.29, 0.717) is 5.56 Å². The zero-order valence-corrected chi connectivity index (χ0v) is 13.8. The van der Waals surface area contributed by atoms with E-state index in [1.165, 1.54) is 13.8 Å². The van der Waals surface area contributed by atoms with Crippen LogP contribution in [0.15, 0.2) is 30.3 Å². The lowest BCUT2D eigenvalue weighted by Crippen LogP contribution is -2.51. The first-order chi connectivity index (χ1) is 11.3. The van der Waals surface area contributed by atoms with Gasteiger partial charge in [-0.05, 0) is 19.1 Å². The Hall–Kier alpha value is -2.41. The average molecular weight is 336 g/mol. The largest absolute Gasteiger partial charge is 0.459 e. The number of esters is 3. The lowest BCUT2D eigenvalue weighted by Gasteiger charge is -2.32. The molecule has 0 spiro atoms. The standard InChI is InChI=1S/C17H20O7/c1-11(18)23-15-10-21-14(17(15,3)24-12(2)19)9-22-16(20)13-7-5-4-6-8-13/h4-8,14-15H,9-10H2,1-3H3/t14-,15-,17?/m1/s1. The molecule has 0 amide bonds. The lowest BCUT2D eigenvalue weighted by atomic mass is 9.95. The third-order valence-corrected chi connectivity index (χ3v) is 3.77. The molecule has 0 bridgehead atoms. The van der Waals surface area contributed by atoms with Crippen LogP contribution in [0.3, 0.4) is 0 Å². The molecule has 1 aromatic rings. The van der Waals surface area contributed by atoms with Crippen molar-refractivity contribution in [2.75, 3.05) is 13.2 Å². The van der Waals surface area contributed by atoms with Gasteiger partial charge in [0.25, 0.3) is 0 Å². The maximum atomic E-state index is 12.0. The summed E-state index contributed by atoms with van der Waals surface area (Å²) in [6.45, 7) is 4.03. The highest BCUT2D eigenvalue weighted by molar-refractivity contribution is 5.89. The SMILES string of the molecule is CC(=O)O[C@@H]1CO[C@H](COC(=O)c2ccccc2)C1(C)OC(C)=O. The number of benzene rings is 1. The molecule has 1 unspecified atom stereocenters. The fourth-order valence-corrected chi connectivity index (χ4v) is 2.56. The summed E-state index contributed by atoms with van der Waals surface area (Å²) in [7, 11) is 0. The van der Waals surface area contributed by atoms with Gasteiger partial charge in [0.05, 0.1) is 12.2 Å². The van der Waals surface area contributed by atoms with Crippen molar-refractivity contribution in [3.05, 3.63) is 35.9 Å². The Balaban J connectivity index is 2.06. The van der Waals surface area contributed by atoms with Crippen molar-refractivity contribution in [1.82, 2.24) is 0 Å². The smallest absolute Gasteiger partial charge is 0.338 e. The second kappa shape index (κ2) is 7.44. The average Bonchev–Trinajstić information content (AvgIpc) is 2.80. The lowest BCUT2D eigenvalue weighted by molar-refractivity contribution is -0.180. The Kier molecular flexibility index (Phi) is 5.56. The van der Waals surface area contributed by atoms with Gasteiger partial charge in [0.15, 0.2) is 11.7 Å². The molecule has 0 N–H and O–H groups in total. The molecule has 0 saturated carbocycles. The van der Waals surface area contributed by atoms with Crippen LogP contribution in [0.4, 0.5) is 0 Å². The van der Waals surface area contributed by atoms with Gasteiger partial charge in [-0.2, -0.15) is 0 Å². The summed E-state index contributed by atoms with van der Waals surface area (Å²) in [5.41, 5.74) is -0.824. The van der Waals surface area contributed by atoms with E-state index >= 15 is 0 Å². The van der Waals surface area contributed by atoms with E-state index < -0.39 is 35.7 Å². The first-order valence-electron chi connectivity index (χ1n) is 7.53. The highest BCUT2D eigenvalue weighted by atomic mass is 16.7. The van der Waals surface area contributed by atoms with Crippen LogP contribution in [0.1, 0.15) is 31.1 Å². The van der Waals surface area contributed by atoms with Crippen molar-refractivity contribution in [2.45, 2.75) is 38.6 Å². The molecular formula is C17H20O7. The topological polar surface area (TPSA) is 88.1 Å². The second-order valence-corrected chi connectivity index (χ2v) is 5.66. The quantitative estimate of drug-likeness (QED) is 0.594. The molecule has 24 heavy (non-hydrogen) atoms. The first-order valence-corrected chi connectivity index (χ1v) is 7.53. The Labute approximate surface area is 139 Å². The van der Waals surface area contributed by atoms with Crippen LogP contribution in [0, 0.1) is 0 Å². The van der Waals surface area contributed by atoms with Crippen molar-refractivity contribution >= 4 is 17.9 Å². The zero-order chi connectivity index (χ0) is 17.7. The molecule has 1 aliphatic heterocycles. The van der Waals surface area contributed by atoms with Gasteiger partial charge in [-0.3, -0.25) is 9.59 Å². The highest BCUT2D eigenvalue weighted by Crippen LogP contribution is 2.33. The molecule has 7 nitrogen and oxygen atoms in total. The third kappa shape index (κ3) is 4.11. The molecule has 1 aromatic carbocycles. The van der Waals surface area contributed by atoms with Gasteiger partial charge in [0.1, 0.15) is 12.7 Å². The van der Waals surface area contributed by atoms with Crippen molar-refractivity contribution < 1.29 is 33.3 Å². The Bertz CT molecular complexity index is 613. The van der Waals surface area contributed by atoms with Crippen molar-refractivity contribution in [3.8, 4) is 0 Å². The monoisotopic (exact) mass is 336 g/mol. The minimum absolute atomic E-state index is 0.0525. The van der Waals surface area contributed by atoms with Crippen LogP contribution < -0.4 is 0 Å². The zero-order valence-electron chi connectivity index (χ0n) is 13.8. The van der Waals surface area contributed by atoms with E-state index in [1.807, 2.05) is 0 Å². The molecule has 1 heterocycles. The summed E-state index contributed by atoms with van der Waals surface area (Å²) >= 11 is 0. The van der Waals surface area contributed by atoms with Gasteiger partial charge in [0.2, 0.25) is 0 Å². The number of hydrogen-bond donors (Lipinski definition) is 0. The second-order valence-electron chi connectivity index (χ2n) is 5.66. The molecule has 1 saturated heterocycles. The van der Waals surface area contributed by atoms with E-state index in [-0.39, 0.29) is 13.2 Å². The van der Waals surface area contributed by atoms with E-state index in [4.69, 9.17) is 18.9 Å². The van der Waals surface area contributed by atoms with Crippen molar-refractivity contribution in [2.24, 2.45) is 0 Å². The summed E-state index contributed by atoms with van der Waals surface area (Å²) in [4.78, 5) is 34.7. The molecule has 7 heteroatoms. The first kappa shape index (κ1) is 17.9. The Morgan fingerprint density at radius 2 is 1.83 bits per heavy atom. The summed E-state index contributed by atoms with van der Waals surface area (Å²) < 4.78 is 21.3. The van der Waals surface area contributed by atoms with Gasteiger partial charge in [-0.25, -0.2) is 4.79 Å². The summed E-state index contributed by atoms with van der Waals surface area (Å²) in [5, 5.41) is 0. The maximum absolute atomic E-state index is 12.0. The van der Waals surface area contributed by atoms with Crippen LogP contribution in [0.25, 0.3) is 0 Å². The molecule has 0 aromatic heterocycles. The van der Waals surface area contributed by atoms with Crippen LogP contribution in [-0.4, -0.2) is 48.9 Å². The minimum atomic E-state index is -1.23. The summed E-state index contributed by atoms with van der Waals surface area (Å²) in [5.74, 6) is -1.57.